The van der Waals surface area contributed by atoms with Gasteiger partial charge in [-0.15, -0.1) is 0 Å². The Morgan fingerprint density at radius 2 is 0.797 bits per heavy atom. The van der Waals surface area contributed by atoms with Gasteiger partial charge in [-0.05, 0) is 180 Å². The number of phenols is 1. The molecule has 0 bridgehead atoms. The zero-order chi connectivity index (χ0) is 102. The predicted molar refractivity (Wildman–Crippen MR) is 557 cm³/mol. The Balaban J connectivity index is 0.000000144. The number of fused-ring (bicyclic) bond motifs is 4. The summed E-state index contributed by atoms with van der Waals surface area (Å²) >= 11 is 19.8. The van der Waals surface area contributed by atoms with Crippen LogP contribution in [-0.4, -0.2) is 215 Å². The van der Waals surface area contributed by atoms with Crippen LogP contribution in [0.3, 0.4) is 0 Å². The lowest BCUT2D eigenvalue weighted by Crippen LogP contribution is -2.54. The third kappa shape index (κ3) is 20.6. The molecular formula is C107H109Cl3F3N21O9. The van der Waals surface area contributed by atoms with Crippen molar-refractivity contribution in [3.63, 3.8) is 0 Å². The van der Waals surface area contributed by atoms with Gasteiger partial charge < -0.3 is 44.3 Å². The van der Waals surface area contributed by atoms with E-state index in [0.717, 1.165) is 75.8 Å². The molecular weight excluding hydrogens is 1890 g/mol. The molecule has 9 aromatic heterocycles. The number of halogens is 6. The SMILES string of the molecule is C=CC(=O)N1CCN(c2nc(=O)[nH]c3nc(-c4c(O)cccc4F)c(Cl)cc23)[C@@H](C)C1.C=CC(=O)N1CCN(c2nc(=O)n(-c3c(C)ccnc3CC)c3nc(-c4ccccc4F)c(F)cc23)[C@@H](C)C1.C=CC(=O)N1CCN(c2nc(=O)n(-c3c(CC)cccc3CC)c3nc(-c4ccccc4)c(Cl)cc23)[C@@H](C)C1.C=CC(=O)N1CCN(c2nc(=O)n(-c3c(CC)cccc3CC)c3nc(C)c(Cl)cc23)[C@@H](C)C1. The molecule has 18 rings (SSSR count). The highest BCUT2D eigenvalue weighted by Crippen LogP contribution is 2.42. The molecule has 4 aliphatic rings. The summed E-state index contributed by atoms with van der Waals surface area (Å²) in [5.41, 5.74) is 8.97. The summed E-state index contributed by atoms with van der Waals surface area (Å²) in [7, 11) is 0. The van der Waals surface area contributed by atoms with E-state index in [1.54, 1.807) is 47.1 Å². The van der Waals surface area contributed by atoms with E-state index in [1.165, 1.54) is 77.4 Å². The van der Waals surface area contributed by atoms with Gasteiger partial charge in [0, 0.05) is 120 Å². The number of aromatic hydroxyl groups is 1. The van der Waals surface area contributed by atoms with Crippen molar-refractivity contribution in [1.82, 2.24) is 83.1 Å². The molecule has 30 nitrogen and oxygen atoms in total. The van der Waals surface area contributed by atoms with Crippen LogP contribution in [0, 0.1) is 31.3 Å². The lowest BCUT2D eigenvalue weighted by Gasteiger charge is -2.40. The number of amides is 4. The molecule has 738 valence electrons. The Hall–Kier alpha value is -15.1. The number of anilines is 4. The quantitative estimate of drug-likeness (QED) is 0.0710. The Bertz CT molecular complexity index is 7590. The van der Waals surface area contributed by atoms with Gasteiger partial charge in [0.2, 0.25) is 23.6 Å². The number of nitrogens with zero attached hydrogens (tertiary/aromatic N) is 20. The second-order valence-electron chi connectivity index (χ2n) is 35.2. The number of piperazine rings is 4. The van der Waals surface area contributed by atoms with Gasteiger partial charge >= 0.3 is 22.8 Å². The molecule has 0 unspecified atom stereocenters. The number of phenolic OH excluding ortho intramolecular Hbond substituents is 1. The molecule has 4 atom stereocenters. The zero-order valence-electron chi connectivity index (χ0n) is 81.2. The molecule has 0 spiro atoms. The van der Waals surface area contributed by atoms with E-state index in [4.69, 9.17) is 44.8 Å². The van der Waals surface area contributed by atoms with Crippen LogP contribution >= 0.6 is 34.8 Å². The van der Waals surface area contributed by atoms with Crippen molar-refractivity contribution in [2.75, 3.05) is 98.1 Å². The van der Waals surface area contributed by atoms with Gasteiger partial charge in [0.05, 0.1) is 82.0 Å². The van der Waals surface area contributed by atoms with Crippen molar-refractivity contribution in [2.24, 2.45) is 0 Å². The number of nitrogens with one attached hydrogen (secondary N) is 1. The maximum absolute atomic E-state index is 15.7. The number of benzene rings is 5. The first-order valence-electron chi connectivity index (χ1n) is 47.4. The fourth-order valence-corrected chi connectivity index (χ4v) is 19.7. The summed E-state index contributed by atoms with van der Waals surface area (Å²) in [6.07, 6.45) is 10.5. The standard InChI is InChI=1S/C31H32ClN5O2.C29H28F2N6O2.C26H30ClN5O2.C21H19ClFN5O3/c1-5-21-14-11-15-22(6-2)28(21)37-30-24(18-25(32)27(33-30)23-12-9-8-10-13-23)29(34-31(37)39)36-17-16-35(19-20(36)4)26(38)7-3;1-5-23-26(17(3)11-12-32-23)37-28-20(15-22(31)25(33-28)19-9-7-8-10-21(19)30)27(34-29(37)39)36-14-13-35(16-18(36)4)24(38)6-2;1-6-18-10-9-11-19(7-2)23(18)32-25-20(14-21(27)17(5)28-25)24(29-26(32)34)31-13-12-30(15-16(31)4)22(33)8-3;1-3-16(30)27-7-8-28(11(2)10-27)20-12-9-13(22)18(24-19(12)25-21(31)26-20)17-14(23)5-4-6-15(17)29/h7-15,18,20H,3,5-6,16-17,19H2,1-2,4H3;6-12,15,18H,2,5,13-14,16H2,1,3-4H3;8-11,14,16H,3,6-7,12-13,15H2,1-2,4-5H3;3-6,9,11,29H,1,7-8,10H2,2H3,(H,24,25,26,31)/t20-;18-;16-;11-/m0000/s1. The van der Waals surface area contributed by atoms with Crippen molar-refractivity contribution >= 4 is 126 Å². The molecule has 5 aromatic carbocycles. The summed E-state index contributed by atoms with van der Waals surface area (Å²) < 4.78 is 49.4. The van der Waals surface area contributed by atoms with E-state index < -0.39 is 34.5 Å². The second kappa shape index (κ2) is 44.0. The Kier molecular flexibility index (Phi) is 31.5. The third-order valence-electron chi connectivity index (χ3n) is 26.3. The molecule has 13 heterocycles. The average Bonchev–Trinajstić information content (AvgIpc) is 0.736. The van der Waals surface area contributed by atoms with Crippen LogP contribution in [0.5, 0.6) is 5.75 Å². The smallest absolute Gasteiger partial charge is 0.355 e. The first kappa shape index (κ1) is 102. The lowest BCUT2D eigenvalue weighted by molar-refractivity contribution is -0.127. The molecule has 0 aliphatic carbocycles. The number of rotatable bonds is 19. The number of hydrogen-bond donors (Lipinski definition) is 2. The number of H-pyrrole nitrogens is 1. The Morgan fingerprint density at radius 3 is 1.22 bits per heavy atom. The van der Waals surface area contributed by atoms with Crippen LogP contribution in [0.1, 0.15) is 102 Å². The number of carbonyl (C=O) groups excluding carboxylic acids is 4. The van der Waals surface area contributed by atoms with E-state index in [2.05, 4.69) is 104 Å². The summed E-state index contributed by atoms with van der Waals surface area (Å²) in [6.45, 7) is 41.6. The highest BCUT2D eigenvalue weighted by Gasteiger charge is 2.37. The van der Waals surface area contributed by atoms with Crippen LogP contribution < -0.4 is 42.4 Å². The molecule has 4 fully saturated rings. The molecule has 2 N–H and O–H groups in total. The highest BCUT2D eigenvalue weighted by molar-refractivity contribution is 6.34. The minimum Gasteiger partial charge on any atom is -0.507 e. The first-order chi connectivity index (χ1) is 68.7. The van der Waals surface area contributed by atoms with Crippen LogP contribution in [0.2, 0.25) is 15.1 Å². The molecule has 143 heavy (non-hydrogen) atoms. The fourth-order valence-electron chi connectivity index (χ4n) is 19.1. The van der Waals surface area contributed by atoms with Gasteiger partial charge in [0.25, 0.3) is 0 Å². The van der Waals surface area contributed by atoms with Crippen molar-refractivity contribution in [3.8, 4) is 56.6 Å². The summed E-state index contributed by atoms with van der Waals surface area (Å²) in [6, 6.07) is 39.5. The number of aryl methyl sites for hydroxylation is 7. The predicted octanol–water partition coefficient (Wildman–Crippen LogP) is 16.5. The van der Waals surface area contributed by atoms with Gasteiger partial charge in [-0.25, -0.2) is 66.0 Å². The highest BCUT2D eigenvalue weighted by atomic mass is 35.5. The van der Waals surface area contributed by atoms with E-state index >= 15 is 4.39 Å². The summed E-state index contributed by atoms with van der Waals surface area (Å²) in [4.78, 5) is 160. The lowest BCUT2D eigenvalue weighted by atomic mass is 10.0. The number of hydrogen-bond acceptors (Lipinski definition) is 22. The van der Waals surface area contributed by atoms with Gasteiger partial charge in [0.15, 0.2) is 16.9 Å². The number of para-hydroxylation sites is 2. The third-order valence-corrected chi connectivity index (χ3v) is 27.3. The monoisotopic (exact) mass is 1990 g/mol. The van der Waals surface area contributed by atoms with Gasteiger partial charge in [-0.1, -0.05) is 181 Å². The van der Waals surface area contributed by atoms with E-state index in [1.807, 2.05) is 137 Å². The summed E-state index contributed by atoms with van der Waals surface area (Å²) in [5.74, 6) is -1.21. The number of aromatic nitrogens is 13. The zero-order valence-corrected chi connectivity index (χ0v) is 83.5. The van der Waals surface area contributed by atoms with Crippen LogP contribution in [0.15, 0.2) is 216 Å². The molecule has 4 saturated heterocycles. The van der Waals surface area contributed by atoms with E-state index in [9.17, 15) is 52.2 Å². The minimum absolute atomic E-state index is 0.00649. The van der Waals surface area contributed by atoms with Crippen molar-refractivity contribution in [3.05, 3.63) is 310 Å². The van der Waals surface area contributed by atoms with E-state index in [0.29, 0.717) is 163 Å². The molecule has 0 saturated carbocycles. The average molecular weight is 2000 g/mol. The van der Waals surface area contributed by atoms with Crippen LogP contribution in [0.4, 0.5) is 36.4 Å². The minimum atomic E-state index is -0.743. The topological polar surface area (TPSA) is 329 Å². The van der Waals surface area contributed by atoms with Gasteiger partial charge in [-0.3, -0.25) is 29.1 Å². The van der Waals surface area contributed by atoms with E-state index in [-0.39, 0.29) is 104 Å². The van der Waals surface area contributed by atoms with Crippen LogP contribution in [0.25, 0.3) is 95.0 Å². The van der Waals surface area contributed by atoms with Gasteiger partial charge in [0.1, 0.15) is 57.8 Å². The second-order valence-corrected chi connectivity index (χ2v) is 36.4. The van der Waals surface area contributed by atoms with Crippen molar-refractivity contribution in [2.45, 2.75) is 132 Å². The molecule has 4 aliphatic heterocycles. The summed E-state index contributed by atoms with van der Waals surface area (Å²) in [5, 5.41) is 13.4. The normalized spacial score (nSPS) is 15.9. The molecule has 36 heteroatoms. The first-order valence-corrected chi connectivity index (χ1v) is 48.5. The maximum Gasteiger partial charge on any atom is 0.355 e. The fraction of sp³-hybridized carbons (Fsp3) is 0.299. The Labute approximate surface area is 838 Å². The molecule has 14 aromatic rings. The largest absolute Gasteiger partial charge is 0.507 e. The van der Waals surface area contributed by atoms with Gasteiger partial charge in [-0.2, -0.15) is 19.9 Å². The van der Waals surface area contributed by atoms with Crippen molar-refractivity contribution < 1.29 is 37.5 Å². The number of pyridine rings is 5. The maximum atomic E-state index is 15.7. The Morgan fingerprint density at radius 1 is 0.413 bits per heavy atom. The molecule has 4 amide bonds. The van der Waals surface area contributed by atoms with Crippen LogP contribution in [-0.2, 0) is 51.3 Å². The van der Waals surface area contributed by atoms with Crippen molar-refractivity contribution in [1.29, 1.82) is 0 Å². The number of aromatic amines is 1. The molecule has 0 radical (unpaired) electrons. The number of carbonyl (C=O) groups is 4.